The van der Waals surface area contributed by atoms with E-state index in [1.165, 1.54) is 0 Å². The summed E-state index contributed by atoms with van der Waals surface area (Å²) in [5.74, 6) is -0.792. The van der Waals surface area contributed by atoms with Crippen LogP contribution in [-0.4, -0.2) is 54.5 Å². The molecule has 0 aromatic rings. The standard InChI is InChI=1S/C14H22F3N3O2/c1-2-3-6-20-7-4-5-13(10-20)8-11(19-22-13)12(21)18-9-14(15,16)17/h2-10H2,1H3,(H,18,21)/t13-/m0/s1. The summed E-state index contributed by atoms with van der Waals surface area (Å²) in [7, 11) is 0. The molecule has 1 atom stereocenters. The van der Waals surface area contributed by atoms with Gasteiger partial charge in [-0.05, 0) is 32.4 Å². The number of hydrogen-bond donors (Lipinski definition) is 1. The van der Waals surface area contributed by atoms with Gasteiger partial charge in [0, 0.05) is 13.0 Å². The molecule has 1 saturated heterocycles. The summed E-state index contributed by atoms with van der Waals surface area (Å²) < 4.78 is 36.4. The van der Waals surface area contributed by atoms with Crippen molar-refractivity contribution in [1.82, 2.24) is 10.2 Å². The van der Waals surface area contributed by atoms with Gasteiger partial charge >= 0.3 is 6.18 Å². The first-order valence-corrected chi connectivity index (χ1v) is 7.66. The highest BCUT2D eigenvalue weighted by Crippen LogP contribution is 2.33. The van der Waals surface area contributed by atoms with Gasteiger partial charge < -0.3 is 10.2 Å². The molecule has 1 amide bonds. The van der Waals surface area contributed by atoms with Gasteiger partial charge in [0.25, 0.3) is 5.91 Å². The molecule has 2 aliphatic heterocycles. The zero-order chi connectivity index (χ0) is 16.2. The second-order valence-corrected chi connectivity index (χ2v) is 6.02. The Morgan fingerprint density at radius 2 is 2.27 bits per heavy atom. The van der Waals surface area contributed by atoms with E-state index in [1.807, 2.05) is 5.32 Å². The lowest BCUT2D eigenvalue weighted by Gasteiger charge is -2.38. The third-order valence-electron chi connectivity index (χ3n) is 4.00. The highest BCUT2D eigenvalue weighted by molar-refractivity contribution is 6.39. The number of piperidine rings is 1. The summed E-state index contributed by atoms with van der Waals surface area (Å²) in [6.07, 6.45) is -0.234. The number of nitrogens with zero attached hydrogens (tertiary/aromatic N) is 2. The second kappa shape index (κ2) is 6.85. The van der Waals surface area contributed by atoms with Gasteiger partial charge in [0.15, 0.2) is 5.60 Å². The zero-order valence-electron chi connectivity index (χ0n) is 12.7. The third kappa shape index (κ3) is 4.59. The van der Waals surface area contributed by atoms with E-state index >= 15 is 0 Å². The number of unbranched alkanes of at least 4 members (excludes halogenated alkanes) is 1. The highest BCUT2D eigenvalue weighted by atomic mass is 19.4. The molecule has 126 valence electrons. The Labute approximate surface area is 127 Å². The van der Waals surface area contributed by atoms with Crippen LogP contribution in [0.25, 0.3) is 0 Å². The first kappa shape index (κ1) is 17.1. The van der Waals surface area contributed by atoms with E-state index in [1.54, 1.807) is 0 Å². The molecule has 2 rings (SSSR count). The minimum atomic E-state index is -4.42. The number of rotatable bonds is 5. The van der Waals surface area contributed by atoms with Gasteiger partial charge in [-0.25, -0.2) is 0 Å². The molecular weight excluding hydrogens is 299 g/mol. The molecule has 0 radical (unpaired) electrons. The Morgan fingerprint density at radius 1 is 1.50 bits per heavy atom. The van der Waals surface area contributed by atoms with Gasteiger partial charge in [-0.3, -0.25) is 9.69 Å². The molecule has 0 aromatic heterocycles. The molecule has 2 aliphatic rings. The molecule has 22 heavy (non-hydrogen) atoms. The number of likely N-dealkylation sites (tertiary alicyclic amines) is 1. The minimum absolute atomic E-state index is 0.0570. The fourth-order valence-electron chi connectivity index (χ4n) is 2.91. The molecule has 8 heteroatoms. The van der Waals surface area contributed by atoms with E-state index in [9.17, 15) is 18.0 Å². The molecule has 5 nitrogen and oxygen atoms in total. The lowest BCUT2D eigenvalue weighted by molar-refractivity contribution is -0.134. The van der Waals surface area contributed by atoms with Crippen LogP contribution in [0.3, 0.4) is 0 Å². The van der Waals surface area contributed by atoms with E-state index in [-0.39, 0.29) is 12.1 Å². The van der Waals surface area contributed by atoms with E-state index in [2.05, 4.69) is 17.0 Å². The van der Waals surface area contributed by atoms with Gasteiger partial charge in [0.05, 0.1) is 0 Å². The van der Waals surface area contributed by atoms with Crippen LogP contribution in [0.15, 0.2) is 5.16 Å². The predicted molar refractivity (Wildman–Crippen MR) is 75.5 cm³/mol. The van der Waals surface area contributed by atoms with Crippen molar-refractivity contribution in [2.45, 2.75) is 50.8 Å². The Balaban J connectivity index is 1.86. The SMILES string of the molecule is CCCCN1CCC[C@]2(CC(C(=O)NCC(F)(F)F)=NO2)C1. The topological polar surface area (TPSA) is 53.9 Å². The summed E-state index contributed by atoms with van der Waals surface area (Å²) in [4.78, 5) is 19.5. The van der Waals surface area contributed by atoms with Crippen LogP contribution in [0.4, 0.5) is 13.2 Å². The fourth-order valence-corrected chi connectivity index (χ4v) is 2.91. The Kier molecular flexibility index (Phi) is 5.31. The molecular formula is C14H22F3N3O2. The molecule has 0 aliphatic carbocycles. The first-order valence-electron chi connectivity index (χ1n) is 7.66. The van der Waals surface area contributed by atoms with Gasteiger partial charge in [-0.1, -0.05) is 18.5 Å². The third-order valence-corrected chi connectivity index (χ3v) is 4.00. The van der Waals surface area contributed by atoms with Crippen molar-refractivity contribution in [2.24, 2.45) is 5.16 Å². The maximum absolute atomic E-state index is 12.1. The summed E-state index contributed by atoms with van der Waals surface area (Å²) >= 11 is 0. The van der Waals surface area contributed by atoms with Crippen molar-refractivity contribution in [3.63, 3.8) is 0 Å². The van der Waals surface area contributed by atoms with Crippen LogP contribution < -0.4 is 5.32 Å². The van der Waals surface area contributed by atoms with Crippen LogP contribution in [0, 0.1) is 0 Å². The van der Waals surface area contributed by atoms with Crippen molar-refractivity contribution in [1.29, 1.82) is 0 Å². The highest BCUT2D eigenvalue weighted by Gasteiger charge is 2.44. The Hall–Kier alpha value is -1.31. The molecule has 0 unspecified atom stereocenters. The summed E-state index contributed by atoms with van der Waals surface area (Å²) in [6, 6.07) is 0. The Bertz CT molecular complexity index is 440. The summed E-state index contributed by atoms with van der Waals surface area (Å²) in [6.45, 7) is 3.41. The number of hydrogen-bond acceptors (Lipinski definition) is 4. The number of amides is 1. The molecule has 0 aromatic carbocycles. The average Bonchev–Trinajstić information content (AvgIpc) is 2.85. The summed E-state index contributed by atoms with van der Waals surface area (Å²) in [5.41, 5.74) is -0.488. The second-order valence-electron chi connectivity index (χ2n) is 6.02. The maximum atomic E-state index is 12.1. The van der Waals surface area contributed by atoms with Gasteiger partial charge in [0.2, 0.25) is 0 Å². The van der Waals surface area contributed by atoms with Gasteiger partial charge in [-0.2, -0.15) is 13.2 Å². The van der Waals surface area contributed by atoms with E-state index < -0.39 is 24.2 Å². The van der Waals surface area contributed by atoms with Gasteiger partial charge in [0.1, 0.15) is 12.3 Å². The smallest absolute Gasteiger partial charge is 0.387 e. The van der Waals surface area contributed by atoms with Crippen LogP contribution in [0.2, 0.25) is 0 Å². The van der Waals surface area contributed by atoms with E-state index in [0.29, 0.717) is 6.54 Å². The molecule has 2 heterocycles. The number of alkyl halides is 3. The average molecular weight is 321 g/mol. The van der Waals surface area contributed by atoms with Crippen LogP contribution >= 0.6 is 0 Å². The largest absolute Gasteiger partial charge is 0.405 e. The first-order chi connectivity index (χ1) is 10.3. The molecule has 1 spiro atoms. The molecule has 1 fully saturated rings. The van der Waals surface area contributed by atoms with Crippen molar-refractivity contribution < 1.29 is 22.8 Å². The monoisotopic (exact) mass is 321 g/mol. The van der Waals surface area contributed by atoms with Crippen LogP contribution in [0.1, 0.15) is 39.0 Å². The molecule has 0 saturated carbocycles. The number of nitrogens with one attached hydrogen (secondary N) is 1. The quantitative estimate of drug-likeness (QED) is 0.843. The number of oxime groups is 1. The van der Waals surface area contributed by atoms with Crippen LogP contribution in [-0.2, 0) is 9.63 Å². The minimum Gasteiger partial charge on any atom is -0.387 e. The number of carbonyl (C=O) groups excluding carboxylic acids is 1. The normalized spacial score (nSPS) is 25.9. The van der Waals surface area contributed by atoms with Crippen molar-refractivity contribution in [2.75, 3.05) is 26.2 Å². The Morgan fingerprint density at radius 3 is 2.95 bits per heavy atom. The van der Waals surface area contributed by atoms with E-state index in [0.717, 1.165) is 38.8 Å². The maximum Gasteiger partial charge on any atom is 0.405 e. The van der Waals surface area contributed by atoms with Crippen LogP contribution in [0.5, 0.6) is 0 Å². The van der Waals surface area contributed by atoms with Crippen molar-refractivity contribution in [3.05, 3.63) is 0 Å². The van der Waals surface area contributed by atoms with Crippen molar-refractivity contribution >= 4 is 11.6 Å². The zero-order valence-corrected chi connectivity index (χ0v) is 12.7. The number of halogens is 3. The lowest BCUT2D eigenvalue weighted by atomic mass is 9.88. The van der Waals surface area contributed by atoms with Gasteiger partial charge in [-0.15, -0.1) is 0 Å². The summed E-state index contributed by atoms with van der Waals surface area (Å²) in [5, 5.41) is 5.58. The van der Waals surface area contributed by atoms with E-state index in [4.69, 9.17) is 4.84 Å². The molecule has 0 bridgehead atoms. The predicted octanol–water partition coefficient (Wildman–Crippen LogP) is 2.08. The fraction of sp³-hybridized carbons (Fsp3) is 0.857. The van der Waals surface area contributed by atoms with Crippen molar-refractivity contribution in [3.8, 4) is 0 Å². The lowest BCUT2D eigenvalue weighted by Crippen LogP contribution is -2.49. The molecule has 1 N–H and O–H groups in total. The number of carbonyl (C=O) groups is 1.